The van der Waals surface area contributed by atoms with Crippen LogP contribution in [-0.4, -0.2) is 17.0 Å². The Bertz CT molecular complexity index is 873. The number of aromatic nitrogens is 2. The maximum absolute atomic E-state index is 12.2. The van der Waals surface area contributed by atoms with E-state index in [4.69, 9.17) is 11.6 Å². The number of hydrogen-bond donors (Lipinski definition) is 2. The average Bonchev–Trinajstić information content (AvgIpc) is 2.56. The van der Waals surface area contributed by atoms with Crippen LogP contribution in [0.25, 0.3) is 10.9 Å². The van der Waals surface area contributed by atoms with E-state index in [1.54, 1.807) is 6.07 Å². The molecule has 0 saturated heterocycles. The number of rotatable bonds is 4. The first-order valence-electron chi connectivity index (χ1n) is 7.60. The number of fused-ring (bicyclic) bond motifs is 1. The van der Waals surface area contributed by atoms with Crippen LogP contribution in [-0.2, 0) is 6.54 Å². The molecule has 0 fully saturated rings. The highest BCUT2D eigenvalue weighted by Gasteiger charge is 2.19. The summed E-state index contributed by atoms with van der Waals surface area (Å²) in [5.74, 6) is 0.708. The molecule has 0 radical (unpaired) electrons. The van der Waals surface area contributed by atoms with E-state index < -0.39 is 0 Å². The van der Waals surface area contributed by atoms with E-state index in [2.05, 4.69) is 23.9 Å². The molecule has 3 aromatic rings. The molecule has 1 unspecified atom stereocenters. The Morgan fingerprint density at radius 1 is 1.17 bits per heavy atom. The van der Waals surface area contributed by atoms with Crippen LogP contribution in [0.4, 0.5) is 0 Å². The van der Waals surface area contributed by atoms with E-state index in [1.165, 1.54) is 10.5 Å². The van der Waals surface area contributed by atoms with Gasteiger partial charge in [0, 0.05) is 10.6 Å². The van der Waals surface area contributed by atoms with E-state index in [-0.39, 0.29) is 11.6 Å². The lowest BCUT2D eigenvalue weighted by Gasteiger charge is -2.21. The zero-order valence-corrected chi connectivity index (χ0v) is 13.9. The molecule has 0 spiro atoms. The normalized spacial score (nSPS) is 13.9. The molecule has 4 nitrogen and oxygen atoms in total. The van der Waals surface area contributed by atoms with Crippen LogP contribution in [0.2, 0.25) is 5.02 Å². The van der Waals surface area contributed by atoms with E-state index >= 15 is 0 Å². The SMILES string of the molecule is C[C@H](c1nc2ccccc2c(=O)[nH]1)[NH+](C)Cc1ccc(Cl)cc1. The topological polar surface area (TPSA) is 50.2 Å². The second-order valence-corrected chi connectivity index (χ2v) is 6.28. The van der Waals surface area contributed by atoms with Gasteiger partial charge in [0.15, 0.2) is 5.82 Å². The number of quaternary nitrogens is 1. The van der Waals surface area contributed by atoms with Crippen LogP contribution in [0.3, 0.4) is 0 Å². The molecule has 0 aliphatic rings. The van der Waals surface area contributed by atoms with E-state index in [1.807, 2.05) is 42.5 Å². The third kappa shape index (κ3) is 3.44. The van der Waals surface area contributed by atoms with Crippen LogP contribution in [0, 0.1) is 0 Å². The molecular weight excluding hydrogens is 310 g/mol. The largest absolute Gasteiger partial charge is 0.325 e. The summed E-state index contributed by atoms with van der Waals surface area (Å²) >= 11 is 5.92. The number of aromatic amines is 1. The lowest BCUT2D eigenvalue weighted by atomic mass is 10.2. The Morgan fingerprint density at radius 2 is 1.87 bits per heavy atom. The van der Waals surface area contributed by atoms with Gasteiger partial charge in [-0.2, -0.15) is 0 Å². The van der Waals surface area contributed by atoms with Crippen molar-refractivity contribution in [2.75, 3.05) is 7.05 Å². The number of benzene rings is 2. The fourth-order valence-electron chi connectivity index (χ4n) is 2.62. The van der Waals surface area contributed by atoms with Crippen molar-refractivity contribution in [1.29, 1.82) is 0 Å². The maximum Gasteiger partial charge on any atom is 0.258 e. The molecule has 0 aliphatic carbocycles. The first-order chi connectivity index (χ1) is 11.0. The number of halogens is 1. The van der Waals surface area contributed by atoms with Gasteiger partial charge in [0.05, 0.1) is 18.0 Å². The van der Waals surface area contributed by atoms with Crippen molar-refractivity contribution in [3.05, 3.63) is 75.3 Å². The minimum absolute atomic E-state index is 0.0722. The van der Waals surface area contributed by atoms with Crippen molar-refractivity contribution in [3.8, 4) is 0 Å². The lowest BCUT2D eigenvalue weighted by molar-refractivity contribution is -0.924. The average molecular weight is 329 g/mol. The summed E-state index contributed by atoms with van der Waals surface area (Å²) in [5.41, 5.74) is 1.84. The molecule has 1 aromatic heterocycles. The fourth-order valence-corrected chi connectivity index (χ4v) is 2.75. The molecule has 118 valence electrons. The van der Waals surface area contributed by atoms with Gasteiger partial charge < -0.3 is 9.88 Å². The molecule has 0 bridgehead atoms. The molecule has 0 aliphatic heterocycles. The van der Waals surface area contributed by atoms with Gasteiger partial charge in [-0.3, -0.25) is 4.79 Å². The summed E-state index contributed by atoms with van der Waals surface area (Å²) in [6.07, 6.45) is 0. The summed E-state index contributed by atoms with van der Waals surface area (Å²) < 4.78 is 0. The van der Waals surface area contributed by atoms with Crippen molar-refractivity contribution in [2.24, 2.45) is 0 Å². The number of para-hydroxylation sites is 1. The van der Waals surface area contributed by atoms with Crippen molar-refractivity contribution < 1.29 is 4.90 Å². The molecular formula is C18H19ClN3O+. The Balaban J connectivity index is 1.85. The molecule has 3 rings (SSSR count). The van der Waals surface area contributed by atoms with Crippen LogP contribution >= 0.6 is 11.6 Å². The van der Waals surface area contributed by atoms with Crippen LogP contribution in [0.5, 0.6) is 0 Å². The maximum atomic E-state index is 12.2. The van der Waals surface area contributed by atoms with Crippen LogP contribution in [0.15, 0.2) is 53.3 Å². The molecule has 0 amide bonds. The summed E-state index contributed by atoms with van der Waals surface area (Å²) in [7, 11) is 2.09. The van der Waals surface area contributed by atoms with Gasteiger partial charge in [-0.25, -0.2) is 4.98 Å². The second kappa shape index (κ2) is 6.52. The highest BCUT2D eigenvalue weighted by atomic mass is 35.5. The van der Waals surface area contributed by atoms with Crippen molar-refractivity contribution >= 4 is 22.5 Å². The third-order valence-electron chi connectivity index (χ3n) is 4.18. The van der Waals surface area contributed by atoms with E-state index in [0.29, 0.717) is 11.2 Å². The van der Waals surface area contributed by atoms with E-state index in [9.17, 15) is 4.79 Å². The molecule has 0 saturated carbocycles. The monoisotopic (exact) mass is 328 g/mol. The highest BCUT2D eigenvalue weighted by Crippen LogP contribution is 2.11. The second-order valence-electron chi connectivity index (χ2n) is 5.84. The van der Waals surface area contributed by atoms with Gasteiger partial charge in [-0.1, -0.05) is 35.9 Å². The van der Waals surface area contributed by atoms with Gasteiger partial charge in [0.25, 0.3) is 5.56 Å². The number of nitrogens with zero attached hydrogens (tertiary/aromatic N) is 1. The summed E-state index contributed by atoms with van der Waals surface area (Å²) in [5, 5.41) is 1.36. The Labute approximate surface area is 139 Å². The fraction of sp³-hybridized carbons (Fsp3) is 0.222. The molecule has 2 aromatic carbocycles. The number of H-pyrrole nitrogens is 1. The summed E-state index contributed by atoms with van der Waals surface area (Å²) in [6.45, 7) is 2.90. The molecule has 23 heavy (non-hydrogen) atoms. The Morgan fingerprint density at radius 3 is 2.61 bits per heavy atom. The van der Waals surface area contributed by atoms with Gasteiger partial charge in [0.2, 0.25) is 0 Å². The highest BCUT2D eigenvalue weighted by molar-refractivity contribution is 6.30. The van der Waals surface area contributed by atoms with Gasteiger partial charge in [-0.15, -0.1) is 0 Å². The quantitative estimate of drug-likeness (QED) is 0.772. The van der Waals surface area contributed by atoms with Gasteiger partial charge in [0.1, 0.15) is 12.6 Å². The third-order valence-corrected chi connectivity index (χ3v) is 4.43. The summed E-state index contributed by atoms with van der Waals surface area (Å²) in [4.78, 5) is 21.0. The zero-order chi connectivity index (χ0) is 16.4. The smallest absolute Gasteiger partial charge is 0.258 e. The minimum atomic E-state index is -0.0863. The number of hydrogen-bond acceptors (Lipinski definition) is 2. The van der Waals surface area contributed by atoms with Gasteiger partial charge >= 0.3 is 0 Å². The van der Waals surface area contributed by atoms with Crippen molar-refractivity contribution in [3.63, 3.8) is 0 Å². The Kier molecular flexibility index (Phi) is 4.46. The zero-order valence-electron chi connectivity index (χ0n) is 13.1. The van der Waals surface area contributed by atoms with Gasteiger partial charge in [-0.05, 0) is 31.2 Å². The molecule has 2 atom stereocenters. The lowest BCUT2D eigenvalue weighted by Crippen LogP contribution is -3.07. The molecule has 1 heterocycles. The van der Waals surface area contributed by atoms with Crippen LogP contribution in [0.1, 0.15) is 24.4 Å². The van der Waals surface area contributed by atoms with Crippen molar-refractivity contribution in [1.82, 2.24) is 9.97 Å². The molecule has 2 N–H and O–H groups in total. The predicted octanol–water partition coefficient (Wildman–Crippen LogP) is 2.35. The predicted molar refractivity (Wildman–Crippen MR) is 92.8 cm³/mol. The minimum Gasteiger partial charge on any atom is -0.325 e. The van der Waals surface area contributed by atoms with E-state index in [0.717, 1.165) is 17.1 Å². The first-order valence-corrected chi connectivity index (χ1v) is 7.98. The Hall–Kier alpha value is -2.17. The number of nitrogens with one attached hydrogen (secondary N) is 2. The molecule has 5 heteroatoms. The van der Waals surface area contributed by atoms with Crippen LogP contribution < -0.4 is 10.5 Å². The summed E-state index contributed by atoms with van der Waals surface area (Å²) in [6, 6.07) is 15.3. The standard InChI is InChI=1S/C18H18ClN3O/c1-12(22(2)11-13-7-9-14(19)10-8-13)17-20-16-6-4-3-5-15(16)18(23)21-17/h3-10,12H,11H2,1-2H3,(H,20,21,23)/p+1/t12-/m1/s1. The van der Waals surface area contributed by atoms with Crippen molar-refractivity contribution in [2.45, 2.75) is 19.5 Å². The first kappa shape index (κ1) is 15.7.